The van der Waals surface area contributed by atoms with Gasteiger partial charge in [-0.3, -0.25) is 4.68 Å². The standard InChI is InChI=1S/C21H23N7/c1-13-6-7-15-16(11-13)25-20(24-15)18-5-4-10-28(18)21-22-12-14(2)19(26-21)17-8-9-23-27(17)3/h6-9,11-12,18H,4-5,10H2,1-3H3,(H,24,25)/t18-/m1/s1. The number of nitrogens with one attached hydrogen (secondary N) is 1. The molecule has 142 valence electrons. The Bertz CT molecular complexity index is 1160. The summed E-state index contributed by atoms with van der Waals surface area (Å²) in [6.07, 6.45) is 5.84. The van der Waals surface area contributed by atoms with Crippen LogP contribution in [0.4, 0.5) is 5.95 Å². The topological polar surface area (TPSA) is 75.5 Å². The third-order valence-corrected chi connectivity index (χ3v) is 5.50. The van der Waals surface area contributed by atoms with Crippen LogP contribution in [-0.2, 0) is 7.05 Å². The summed E-state index contributed by atoms with van der Waals surface area (Å²) in [5, 5.41) is 4.28. The molecule has 1 atom stereocenters. The minimum Gasteiger partial charge on any atom is -0.340 e. The molecule has 0 bridgehead atoms. The van der Waals surface area contributed by atoms with Gasteiger partial charge < -0.3 is 9.88 Å². The van der Waals surface area contributed by atoms with Gasteiger partial charge in [-0.15, -0.1) is 0 Å². The molecule has 4 aromatic rings. The summed E-state index contributed by atoms with van der Waals surface area (Å²) in [6.45, 7) is 5.06. The number of H-pyrrole nitrogens is 1. The van der Waals surface area contributed by atoms with E-state index in [-0.39, 0.29) is 6.04 Å². The number of anilines is 1. The summed E-state index contributed by atoms with van der Waals surface area (Å²) in [6, 6.07) is 8.47. The predicted octanol–water partition coefficient (Wildman–Crippen LogP) is 3.71. The highest BCUT2D eigenvalue weighted by Gasteiger charge is 2.31. The molecule has 1 fully saturated rings. The highest BCUT2D eigenvalue weighted by atomic mass is 15.3. The Balaban J connectivity index is 1.54. The van der Waals surface area contributed by atoms with Crippen LogP contribution in [0.2, 0.25) is 0 Å². The maximum Gasteiger partial charge on any atom is 0.226 e. The van der Waals surface area contributed by atoms with Gasteiger partial charge in [-0.25, -0.2) is 15.0 Å². The number of fused-ring (bicyclic) bond motifs is 1. The molecule has 1 N–H and O–H groups in total. The fourth-order valence-electron chi connectivity index (χ4n) is 4.03. The van der Waals surface area contributed by atoms with Gasteiger partial charge in [0.15, 0.2) is 0 Å². The normalized spacial score (nSPS) is 17.0. The largest absolute Gasteiger partial charge is 0.340 e. The quantitative estimate of drug-likeness (QED) is 0.592. The fourth-order valence-corrected chi connectivity index (χ4v) is 4.03. The number of rotatable bonds is 3. The van der Waals surface area contributed by atoms with Crippen molar-refractivity contribution in [1.82, 2.24) is 29.7 Å². The van der Waals surface area contributed by atoms with Crippen LogP contribution in [0, 0.1) is 13.8 Å². The smallest absolute Gasteiger partial charge is 0.226 e. The Kier molecular flexibility index (Phi) is 3.89. The summed E-state index contributed by atoms with van der Waals surface area (Å²) in [5.41, 5.74) is 6.29. The third-order valence-electron chi connectivity index (χ3n) is 5.50. The summed E-state index contributed by atoms with van der Waals surface area (Å²) in [7, 11) is 1.94. The monoisotopic (exact) mass is 373 g/mol. The van der Waals surface area contributed by atoms with Crippen LogP contribution < -0.4 is 4.90 Å². The number of benzene rings is 1. The van der Waals surface area contributed by atoms with Gasteiger partial charge in [0.2, 0.25) is 5.95 Å². The second-order valence-corrected chi connectivity index (χ2v) is 7.54. The molecule has 0 aliphatic carbocycles. The molecule has 4 heterocycles. The Labute approximate surface area is 163 Å². The van der Waals surface area contributed by atoms with Crippen molar-refractivity contribution in [2.45, 2.75) is 32.7 Å². The van der Waals surface area contributed by atoms with E-state index in [0.717, 1.165) is 59.1 Å². The number of aromatic nitrogens is 6. The van der Waals surface area contributed by atoms with E-state index in [4.69, 9.17) is 9.97 Å². The molecule has 7 heteroatoms. The first-order valence-corrected chi connectivity index (χ1v) is 9.65. The van der Waals surface area contributed by atoms with Crippen molar-refractivity contribution in [2.75, 3.05) is 11.4 Å². The minimum atomic E-state index is 0.162. The second kappa shape index (κ2) is 6.44. The zero-order valence-corrected chi connectivity index (χ0v) is 16.3. The van der Waals surface area contributed by atoms with Crippen molar-refractivity contribution in [3.63, 3.8) is 0 Å². The molecule has 1 aliphatic heterocycles. The Morgan fingerprint density at radius 1 is 1.14 bits per heavy atom. The maximum absolute atomic E-state index is 4.91. The first-order valence-electron chi connectivity index (χ1n) is 9.65. The summed E-state index contributed by atoms with van der Waals surface area (Å²) >= 11 is 0. The van der Waals surface area contributed by atoms with Crippen LogP contribution in [0.1, 0.15) is 35.8 Å². The number of aromatic amines is 1. The summed E-state index contributed by atoms with van der Waals surface area (Å²) < 4.78 is 1.85. The van der Waals surface area contributed by atoms with Gasteiger partial charge in [0.1, 0.15) is 5.82 Å². The number of hydrogen-bond acceptors (Lipinski definition) is 5. The molecule has 5 rings (SSSR count). The molecule has 0 saturated carbocycles. The molecular formula is C21H23N7. The minimum absolute atomic E-state index is 0.162. The SMILES string of the molecule is Cc1ccc2nc([C@H]3CCCN3c3ncc(C)c(-c4ccnn4C)n3)[nH]c2c1. The molecule has 0 unspecified atom stereocenters. The van der Waals surface area contributed by atoms with E-state index in [1.807, 2.05) is 30.9 Å². The lowest BCUT2D eigenvalue weighted by Gasteiger charge is -2.23. The maximum atomic E-state index is 4.91. The van der Waals surface area contributed by atoms with E-state index in [1.165, 1.54) is 5.56 Å². The van der Waals surface area contributed by atoms with Gasteiger partial charge in [0, 0.05) is 26.0 Å². The number of aryl methyl sites for hydroxylation is 3. The van der Waals surface area contributed by atoms with Gasteiger partial charge >= 0.3 is 0 Å². The number of imidazole rings is 1. The van der Waals surface area contributed by atoms with E-state index in [1.54, 1.807) is 6.20 Å². The molecule has 28 heavy (non-hydrogen) atoms. The lowest BCUT2D eigenvalue weighted by molar-refractivity contribution is 0.664. The lowest BCUT2D eigenvalue weighted by atomic mass is 10.2. The molecule has 1 aliphatic rings. The molecule has 1 saturated heterocycles. The molecule has 0 radical (unpaired) electrons. The number of nitrogens with zero attached hydrogens (tertiary/aromatic N) is 6. The highest BCUT2D eigenvalue weighted by Crippen LogP contribution is 2.35. The van der Waals surface area contributed by atoms with Crippen LogP contribution in [-0.4, -0.2) is 36.3 Å². The van der Waals surface area contributed by atoms with E-state index in [2.05, 4.69) is 45.1 Å². The lowest BCUT2D eigenvalue weighted by Crippen LogP contribution is -2.25. The average Bonchev–Trinajstić information content (AvgIpc) is 3.40. The van der Waals surface area contributed by atoms with Crippen LogP contribution in [0.15, 0.2) is 36.7 Å². The van der Waals surface area contributed by atoms with Crippen molar-refractivity contribution in [1.29, 1.82) is 0 Å². The molecule has 3 aromatic heterocycles. The van der Waals surface area contributed by atoms with Crippen molar-refractivity contribution >= 4 is 17.0 Å². The summed E-state index contributed by atoms with van der Waals surface area (Å²) in [5.74, 6) is 1.74. The van der Waals surface area contributed by atoms with Gasteiger partial charge in [0.05, 0.1) is 28.5 Å². The Morgan fingerprint density at radius 3 is 2.86 bits per heavy atom. The Hall–Kier alpha value is -3.22. The highest BCUT2D eigenvalue weighted by molar-refractivity contribution is 5.76. The summed E-state index contributed by atoms with van der Waals surface area (Å²) in [4.78, 5) is 20.2. The van der Waals surface area contributed by atoms with Gasteiger partial charge in [0.25, 0.3) is 0 Å². The second-order valence-electron chi connectivity index (χ2n) is 7.54. The van der Waals surface area contributed by atoms with E-state index in [9.17, 15) is 0 Å². The van der Waals surface area contributed by atoms with E-state index < -0.39 is 0 Å². The van der Waals surface area contributed by atoms with Gasteiger partial charge in [-0.1, -0.05) is 6.07 Å². The first-order chi connectivity index (χ1) is 13.6. The zero-order valence-electron chi connectivity index (χ0n) is 16.3. The van der Waals surface area contributed by atoms with Crippen LogP contribution >= 0.6 is 0 Å². The predicted molar refractivity (Wildman–Crippen MR) is 109 cm³/mol. The molecule has 1 aromatic carbocycles. The van der Waals surface area contributed by atoms with Crippen LogP contribution in [0.5, 0.6) is 0 Å². The average molecular weight is 373 g/mol. The molecule has 0 amide bonds. The van der Waals surface area contributed by atoms with Gasteiger partial charge in [-0.2, -0.15) is 5.10 Å². The molecular weight excluding hydrogens is 350 g/mol. The van der Waals surface area contributed by atoms with Crippen molar-refractivity contribution in [3.8, 4) is 11.4 Å². The zero-order chi connectivity index (χ0) is 19.3. The van der Waals surface area contributed by atoms with E-state index in [0.29, 0.717) is 0 Å². The van der Waals surface area contributed by atoms with Crippen LogP contribution in [0.25, 0.3) is 22.4 Å². The Morgan fingerprint density at radius 2 is 2.04 bits per heavy atom. The molecule has 7 nitrogen and oxygen atoms in total. The first kappa shape index (κ1) is 16.9. The third kappa shape index (κ3) is 2.74. The van der Waals surface area contributed by atoms with Gasteiger partial charge in [-0.05, 0) is 56.0 Å². The van der Waals surface area contributed by atoms with Crippen molar-refractivity contribution < 1.29 is 0 Å². The fraction of sp³-hybridized carbons (Fsp3) is 0.333. The number of hydrogen-bond donors (Lipinski definition) is 1. The van der Waals surface area contributed by atoms with Crippen molar-refractivity contribution in [3.05, 3.63) is 53.6 Å². The van der Waals surface area contributed by atoms with Crippen molar-refractivity contribution in [2.24, 2.45) is 7.05 Å². The van der Waals surface area contributed by atoms with E-state index >= 15 is 0 Å². The molecule has 0 spiro atoms. The van der Waals surface area contributed by atoms with Crippen LogP contribution in [0.3, 0.4) is 0 Å².